The summed E-state index contributed by atoms with van der Waals surface area (Å²) in [6, 6.07) is 4.26. The molecule has 0 atom stereocenters. The second kappa shape index (κ2) is 3.85. The van der Waals surface area contributed by atoms with E-state index in [2.05, 4.69) is 0 Å². The largest absolute Gasteiger partial charge is 0.497 e. The Morgan fingerprint density at radius 3 is 2.29 bits per heavy atom. The van der Waals surface area contributed by atoms with Crippen LogP contribution in [0.25, 0.3) is 0 Å². The van der Waals surface area contributed by atoms with Gasteiger partial charge in [-0.1, -0.05) is 0 Å². The van der Waals surface area contributed by atoms with Crippen LogP contribution in [0.3, 0.4) is 0 Å². The molecule has 77 valence electrons. The smallest absolute Gasteiger partial charge is 0.257 e. The van der Waals surface area contributed by atoms with E-state index >= 15 is 0 Å². The molecule has 0 heterocycles. The first-order valence-corrected chi connectivity index (χ1v) is 5.19. The van der Waals surface area contributed by atoms with Crippen molar-refractivity contribution >= 4 is 10.0 Å². The van der Waals surface area contributed by atoms with Crippen LogP contribution in [0, 0.1) is 0 Å². The third-order valence-electron chi connectivity index (χ3n) is 1.66. The molecule has 1 aromatic carbocycles. The maximum absolute atomic E-state index is 11.0. The van der Waals surface area contributed by atoms with Crippen molar-refractivity contribution in [2.24, 2.45) is 0 Å². The van der Waals surface area contributed by atoms with Crippen LogP contribution in [0.15, 0.2) is 23.1 Å². The van der Waals surface area contributed by atoms with E-state index in [1.165, 1.54) is 26.4 Å². The second-order valence-corrected chi connectivity index (χ2v) is 3.97. The SMILES string of the molecule is COc1ccc(OC)c(S([NH])(=O)=O)c1. The molecular formula is C8H10NO4S. The zero-order chi connectivity index (χ0) is 10.8. The molecule has 0 aliphatic rings. The zero-order valence-corrected chi connectivity index (χ0v) is 8.59. The van der Waals surface area contributed by atoms with Crippen LogP contribution >= 0.6 is 0 Å². The summed E-state index contributed by atoms with van der Waals surface area (Å²) in [5.74, 6) is 0.512. The summed E-state index contributed by atoms with van der Waals surface area (Å²) in [6.07, 6.45) is 0. The van der Waals surface area contributed by atoms with Crippen molar-refractivity contribution in [1.29, 1.82) is 0 Å². The quantitative estimate of drug-likeness (QED) is 0.744. The summed E-state index contributed by atoms with van der Waals surface area (Å²) < 4.78 is 31.7. The van der Waals surface area contributed by atoms with Crippen LogP contribution in [0.5, 0.6) is 11.5 Å². The lowest BCUT2D eigenvalue weighted by molar-refractivity contribution is 0.392. The van der Waals surface area contributed by atoms with Crippen LogP contribution < -0.4 is 14.6 Å². The minimum atomic E-state index is -4.03. The first-order chi connectivity index (χ1) is 6.49. The summed E-state index contributed by atoms with van der Waals surface area (Å²) in [4.78, 5) is -0.195. The lowest BCUT2D eigenvalue weighted by Crippen LogP contribution is -2.03. The van der Waals surface area contributed by atoms with Gasteiger partial charge in [0.05, 0.1) is 14.2 Å². The van der Waals surface area contributed by atoms with Crippen molar-refractivity contribution in [3.05, 3.63) is 18.2 Å². The minimum Gasteiger partial charge on any atom is -0.497 e. The van der Waals surface area contributed by atoms with Crippen molar-refractivity contribution in [1.82, 2.24) is 5.14 Å². The molecule has 0 saturated heterocycles. The summed E-state index contributed by atoms with van der Waals surface area (Å²) in [5.41, 5.74) is 0. The topological polar surface area (TPSA) is 76.4 Å². The maximum atomic E-state index is 11.0. The molecule has 5 nitrogen and oxygen atoms in total. The van der Waals surface area contributed by atoms with Gasteiger partial charge in [0.15, 0.2) is 0 Å². The minimum absolute atomic E-state index is 0.140. The summed E-state index contributed by atoms with van der Waals surface area (Å²) in [6.45, 7) is 0. The van der Waals surface area contributed by atoms with Gasteiger partial charge >= 0.3 is 0 Å². The molecule has 0 fully saturated rings. The molecule has 1 rings (SSSR count). The Labute approximate surface area is 82.5 Å². The average Bonchev–Trinajstić information content (AvgIpc) is 2.15. The highest BCUT2D eigenvalue weighted by Gasteiger charge is 2.16. The van der Waals surface area contributed by atoms with E-state index in [0.29, 0.717) is 5.75 Å². The van der Waals surface area contributed by atoms with Gasteiger partial charge in [-0.2, -0.15) is 0 Å². The van der Waals surface area contributed by atoms with E-state index in [9.17, 15) is 8.42 Å². The number of nitrogens with one attached hydrogen (secondary N) is 1. The van der Waals surface area contributed by atoms with E-state index in [4.69, 9.17) is 14.6 Å². The maximum Gasteiger partial charge on any atom is 0.257 e. The Morgan fingerprint density at radius 2 is 1.86 bits per heavy atom. The number of methoxy groups -OCH3 is 2. The standard InChI is InChI=1S/C8H10NO4S/c1-12-6-3-4-7(13-2)8(5-6)14(9,10)11/h3-5,9H,1-2H3. The fraction of sp³-hybridized carbons (Fsp3) is 0.250. The predicted molar refractivity (Wildman–Crippen MR) is 49.8 cm³/mol. The number of hydrogen-bond acceptors (Lipinski definition) is 4. The molecule has 0 unspecified atom stereocenters. The Hall–Kier alpha value is -1.27. The lowest BCUT2D eigenvalue weighted by Gasteiger charge is -2.07. The van der Waals surface area contributed by atoms with E-state index in [0.717, 1.165) is 0 Å². The number of sulfonamides is 1. The van der Waals surface area contributed by atoms with Crippen LogP contribution in [-0.2, 0) is 10.0 Å². The molecule has 0 spiro atoms. The highest BCUT2D eigenvalue weighted by molar-refractivity contribution is 7.89. The van der Waals surface area contributed by atoms with Gasteiger partial charge < -0.3 is 9.47 Å². The molecule has 1 N–H and O–H groups in total. The Morgan fingerprint density at radius 1 is 1.21 bits per heavy atom. The van der Waals surface area contributed by atoms with Gasteiger partial charge in [0.25, 0.3) is 10.0 Å². The number of rotatable bonds is 3. The van der Waals surface area contributed by atoms with Gasteiger partial charge in [0, 0.05) is 6.07 Å². The highest BCUT2D eigenvalue weighted by atomic mass is 32.2. The molecule has 0 saturated carbocycles. The van der Waals surface area contributed by atoms with Gasteiger partial charge in [-0.05, 0) is 12.1 Å². The lowest BCUT2D eigenvalue weighted by atomic mass is 10.3. The van der Waals surface area contributed by atoms with Crippen molar-refractivity contribution in [3.8, 4) is 11.5 Å². The van der Waals surface area contributed by atoms with Crippen molar-refractivity contribution in [2.75, 3.05) is 14.2 Å². The summed E-state index contributed by atoms with van der Waals surface area (Å²) in [7, 11) is -1.27. The second-order valence-electron chi connectivity index (χ2n) is 2.52. The van der Waals surface area contributed by atoms with Crippen LogP contribution in [0.1, 0.15) is 0 Å². The third kappa shape index (κ3) is 2.15. The molecule has 0 aliphatic carbocycles. The average molecular weight is 216 g/mol. The fourth-order valence-corrected chi connectivity index (χ4v) is 1.68. The molecule has 0 aliphatic heterocycles. The number of hydrogen-bond donors (Lipinski definition) is 0. The molecule has 1 radical (unpaired) electrons. The molecule has 1 aromatic rings. The third-order valence-corrected chi connectivity index (χ3v) is 2.56. The fourth-order valence-electron chi connectivity index (χ4n) is 0.994. The van der Waals surface area contributed by atoms with Crippen molar-refractivity contribution in [3.63, 3.8) is 0 Å². The summed E-state index contributed by atoms with van der Waals surface area (Å²) >= 11 is 0. The van der Waals surface area contributed by atoms with Crippen LogP contribution in [-0.4, -0.2) is 22.6 Å². The number of benzene rings is 1. The molecule has 0 aromatic heterocycles. The Balaban J connectivity index is 3.37. The highest BCUT2D eigenvalue weighted by Crippen LogP contribution is 2.27. The zero-order valence-electron chi connectivity index (χ0n) is 7.77. The summed E-state index contributed by atoms with van der Waals surface area (Å²) in [5, 5.41) is 6.93. The predicted octanol–water partition coefficient (Wildman–Crippen LogP) is 0.675. The first kappa shape index (κ1) is 10.8. The normalized spacial score (nSPS) is 11.1. The van der Waals surface area contributed by atoms with Gasteiger partial charge in [0.1, 0.15) is 16.4 Å². The van der Waals surface area contributed by atoms with E-state index in [1.54, 1.807) is 6.07 Å². The van der Waals surface area contributed by atoms with Crippen LogP contribution in [0.4, 0.5) is 0 Å². The molecule has 0 bridgehead atoms. The number of ether oxygens (including phenoxy) is 2. The van der Waals surface area contributed by atoms with Gasteiger partial charge in [0.2, 0.25) is 0 Å². The molecule has 6 heteroatoms. The van der Waals surface area contributed by atoms with Gasteiger partial charge in [-0.15, -0.1) is 5.14 Å². The van der Waals surface area contributed by atoms with Crippen molar-refractivity contribution in [2.45, 2.75) is 4.90 Å². The molecule has 14 heavy (non-hydrogen) atoms. The van der Waals surface area contributed by atoms with Gasteiger partial charge in [-0.3, -0.25) is 0 Å². The monoisotopic (exact) mass is 216 g/mol. The Kier molecular flexibility index (Phi) is 2.97. The molecular weight excluding hydrogens is 206 g/mol. The first-order valence-electron chi connectivity index (χ1n) is 3.70. The van der Waals surface area contributed by atoms with E-state index in [-0.39, 0.29) is 10.6 Å². The van der Waals surface area contributed by atoms with Crippen LogP contribution in [0.2, 0.25) is 0 Å². The van der Waals surface area contributed by atoms with E-state index < -0.39 is 10.0 Å². The molecule has 0 amide bonds. The van der Waals surface area contributed by atoms with E-state index in [1.807, 2.05) is 0 Å². The van der Waals surface area contributed by atoms with Crippen molar-refractivity contribution < 1.29 is 17.9 Å². The Bertz CT molecular complexity index is 427. The van der Waals surface area contributed by atoms with Gasteiger partial charge in [-0.25, -0.2) is 8.42 Å².